The normalized spacial score (nSPS) is 10.4. The lowest BCUT2D eigenvalue weighted by molar-refractivity contribution is 0.589. The van der Waals surface area contributed by atoms with Gasteiger partial charge in [-0.05, 0) is 18.2 Å². The lowest BCUT2D eigenvalue weighted by Gasteiger charge is -2.09. The molecular formula is C11H7BrClF2N3. The quantitative estimate of drug-likeness (QED) is 0.813. The van der Waals surface area contributed by atoms with Gasteiger partial charge in [-0.15, -0.1) is 0 Å². The van der Waals surface area contributed by atoms with Crippen LogP contribution >= 0.6 is 27.5 Å². The molecule has 0 saturated carbocycles. The van der Waals surface area contributed by atoms with Crippen molar-refractivity contribution in [2.75, 3.05) is 11.1 Å². The molecule has 0 radical (unpaired) electrons. The minimum Gasteiger partial charge on any atom is -0.399 e. The van der Waals surface area contributed by atoms with E-state index in [9.17, 15) is 8.78 Å². The molecule has 0 bridgehead atoms. The van der Waals surface area contributed by atoms with Gasteiger partial charge in [-0.1, -0.05) is 27.5 Å². The van der Waals surface area contributed by atoms with Crippen molar-refractivity contribution in [2.24, 2.45) is 0 Å². The number of halogens is 4. The number of anilines is 3. The van der Waals surface area contributed by atoms with E-state index >= 15 is 0 Å². The number of pyridine rings is 1. The van der Waals surface area contributed by atoms with E-state index in [-0.39, 0.29) is 16.7 Å². The molecule has 0 atom stereocenters. The van der Waals surface area contributed by atoms with Gasteiger partial charge in [0.05, 0.1) is 0 Å². The summed E-state index contributed by atoms with van der Waals surface area (Å²) in [4.78, 5) is 3.86. The van der Waals surface area contributed by atoms with E-state index in [0.29, 0.717) is 10.2 Å². The first kappa shape index (κ1) is 13.0. The van der Waals surface area contributed by atoms with Crippen molar-refractivity contribution in [3.8, 4) is 0 Å². The molecule has 2 rings (SSSR count). The van der Waals surface area contributed by atoms with Crippen molar-refractivity contribution in [3.63, 3.8) is 0 Å². The predicted molar refractivity (Wildman–Crippen MR) is 71.0 cm³/mol. The SMILES string of the molecule is Nc1cc(Cl)nc(Nc2c(F)cc(Br)cc2F)c1. The summed E-state index contributed by atoms with van der Waals surface area (Å²) < 4.78 is 27.5. The molecule has 7 heteroatoms. The Bertz CT molecular complexity index is 564. The van der Waals surface area contributed by atoms with Crippen molar-refractivity contribution in [1.82, 2.24) is 4.98 Å². The van der Waals surface area contributed by atoms with Gasteiger partial charge >= 0.3 is 0 Å². The highest BCUT2D eigenvalue weighted by Gasteiger charge is 2.11. The average molecular weight is 335 g/mol. The molecule has 0 saturated heterocycles. The summed E-state index contributed by atoms with van der Waals surface area (Å²) in [6.45, 7) is 0. The maximum absolute atomic E-state index is 13.6. The molecule has 18 heavy (non-hydrogen) atoms. The van der Waals surface area contributed by atoms with Crippen molar-refractivity contribution >= 4 is 44.7 Å². The Morgan fingerprint density at radius 2 is 1.78 bits per heavy atom. The average Bonchev–Trinajstić information content (AvgIpc) is 2.22. The lowest BCUT2D eigenvalue weighted by Crippen LogP contribution is -2.00. The van der Waals surface area contributed by atoms with Gasteiger partial charge in [-0.25, -0.2) is 13.8 Å². The fraction of sp³-hybridized carbons (Fsp3) is 0. The van der Waals surface area contributed by atoms with Crippen LogP contribution in [0.25, 0.3) is 0 Å². The molecule has 2 aromatic rings. The second-order valence-electron chi connectivity index (χ2n) is 3.48. The van der Waals surface area contributed by atoms with E-state index in [1.165, 1.54) is 12.1 Å². The first-order valence-corrected chi connectivity index (χ1v) is 5.97. The molecule has 0 spiro atoms. The van der Waals surface area contributed by atoms with Crippen LogP contribution in [0.3, 0.4) is 0 Å². The van der Waals surface area contributed by atoms with Crippen LogP contribution in [-0.4, -0.2) is 4.98 Å². The van der Waals surface area contributed by atoms with Crippen LogP contribution in [0.4, 0.5) is 26.0 Å². The minimum atomic E-state index is -0.748. The molecular weight excluding hydrogens is 327 g/mol. The summed E-state index contributed by atoms with van der Waals surface area (Å²) in [6, 6.07) is 5.13. The number of rotatable bonds is 2. The summed E-state index contributed by atoms with van der Waals surface area (Å²) >= 11 is 8.69. The first-order valence-electron chi connectivity index (χ1n) is 4.80. The highest BCUT2D eigenvalue weighted by atomic mass is 79.9. The number of benzene rings is 1. The van der Waals surface area contributed by atoms with Gasteiger partial charge in [0.1, 0.15) is 16.7 Å². The monoisotopic (exact) mass is 333 g/mol. The van der Waals surface area contributed by atoms with E-state index in [1.54, 1.807) is 0 Å². The predicted octanol–water partition coefficient (Wildman–Crippen LogP) is 4.10. The molecule has 0 aliphatic rings. The second kappa shape index (κ2) is 5.07. The molecule has 3 N–H and O–H groups in total. The van der Waals surface area contributed by atoms with Gasteiger partial charge < -0.3 is 11.1 Å². The van der Waals surface area contributed by atoms with Gasteiger partial charge in [0.2, 0.25) is 0 Å². The Labute approximate surface area is 115 Å². The zero-order valence-electron chi connectivity index (χ0n) is 8.85. The molecule has 0 aliphatic heterocycles. The lowest BCUT2D eigenvalue weighted by atomic mass is 10.3. The summed E-state index contributed by atoms with van der Waals surface area (Å²) in [6.07, 6.45) is 0. The third-order valence-electron chi connectivity index (χ3n) is 2.08. The fourth-order valence-corrected chi connectivity index (χ4v) is 1.99. The second-order valence-corrected chi connectivity index (χ2v) is 4.78. The van der Waals surface area contributed by atoms with Crippen molar-refractivity contribution < 1.29 is 8.78 Å². The maximum atomic E-state index is 13.6. The Morgan fingerprint density at radius 3 is 2.33 bits per heavy atom. The first-order chi connectivity index (χ1) is 8.45. The van der Waals surface area contributed by atoms with E-state index in [1.807, 2.05) is 0 Å². The van der Waals surface area contributed by atoms with Crippen LogP contribution < -0.4 is 11.1 Å². The van der Waals surface area contributed by atoms with Crippen LogP contribution in [0, 0.1) is 11.6 Å². The van der Waals surface area contributed by atoms with Gasteiger partial charge in [0.25, 0.3) is 0 Å². The Kier molecular flexibility index (Phi) is 3.68. The third kappa shape index (κ3) is 2.88. The molecule has 0 aliphatic carbocycles. The topological polar surface area (TPSA) is 50.9 Å². The van der Waals surface area contributed by atoms with Gasteiger partial charge in [-0.3, -0.25) is 0 Å². The number of hydrogen-bond acceptors (Lipinski definition) is 3. The van der Waals surface area contributed by atoms with Crippen LogP contribution in [0.2, 0.25) is 5.15 Å². The number of nitrogens with zero attached hydrogens (tertiary/aromatic N) is 1. The standard InChI is InChI=1S/C11H7BrClF2N3/c12-5-1-7(14)11(8(15)2-5)18-10-4-6(16)3-9(13)17-10/h1-4H,(H3,16,17,18). The summed E-state index contributed by atoms with van der Waals surface area (Å²) in [5.41, 5.74) is 5.58. The molecule has 94 valence electrons. The van der Waals surface area contributed by atoms with Gasteiger partial charge in [0.15, 0.2) is 11.6 Å². The number of nitrogens with two attached hydrogens (primary N) is 1. The molecule has 0 amide bonds. The van der Waals surface area contributed by atoms with E-state index in [0.717, 1.165) is 12.1 Å². The van der Waals surface area contributed by atoms with Gasteiger partial charge in [0, 0.05) is 16.2 Å². The van der Waals surface area contributed by atoms with Crippen LogP contribution in [0.5, 0.6) is 0 Å². The number of nitrogens with one attached hydrogen (secondary N) is 1. The highest BCUT2D eigenvalue weighted by molar-refractivity contribution is 9.10. The van der Waals surface area contributed by atoms with Crippen molar-refractivity contribution in [1.29, 1.82) is 0 Å². The van der Waals surface area contributed by atoms with E-state index in [4.69, 9.17) is 17.3 Å². The van der Waals surface area contributed by atoms with Gasteiger partial charge in [-0.2, -0.15) is 0 Å². The fourth-order valence-electron chi connectivity index (χ4n) is 1.37. The zero-order chi connectivity index (χ0) is 13.3. The largest absolute Gasteiger partial charge is 0.399 e. The highest BCUT2D eigenvalue weighted by Crippen LogP contribution is 2.27. The Morgan fingerprint density at radius 1 is 1.17 bits per heavy atom. The zero-order valence-corrected chi connectivity index (χ0v) is 11.2. The maximum Gasteiger partial charge on any atom is 0.150 e. The number of nitrogen functional groups attached to an aromatic ring is 1. The van der Waals surface area contributed by atoms with E-state index < -0.39 is 11.6 Å². The summed E-state index contributed by atoms with van der Waals surface area (Å²) in [5.74, 6) is -1.33. The van der Waals surface area contributed by atoms with Crippen LogP contribution in [-0.2, 0) is 0 Å². The molecule has 1 aromatic carbocycles. The molecule has 1 aromatic heterocycles. The van der Waals surface area contributed by atoms with E-state index in [2.05, 4.69) is 26.2 Å². The molecule has 3 nitrogen and oxygen atoms in total. The smallest absolute Gasteiger partial charge is 0.150 e. The number of hydrogen-bond donors (Lipinski definition) is 2. The number of aromatic nitrogens is 1. The summed E-state index contributed by atoms with van der Waals surface area (Å²) in [7, 11) is 0. The Hall–Kier alpha value is -1.40. The van der Waals surface area contributed by atoms with Crippen molar-refractivity contribution in [3.05, 3.63) is 45.5 Å². The van der Waals surface area contributed by atoms with Crippen LogP contribution in [0.15, 0.2) is 28.7 Å². The summed E-state index contributed by atoms with van der Waals surface area (Å²) in [5, 5.41) is 2.64. The molecule has 1 heterocycles. The molecule has 0 fully saturated rings. The minimum absolute atomic E-state index is 0.135. The Balaban J connectivity index is 2.40. The van der Waals surface area contributed by atoms with Crippen molar-refractivity contribution in [2.45, 2.75) is 0 Å². The van der Waals surface area contributed by atoms with Crippen LogP contribution in [0.1, 0.15) is 0 Å². The third-order valence-corrected chi connectivity index (χ3v) is 2.73. The molecule has 0 unspecified atom stereocenters.